The predicted octanol–water partition coefficient (Wildman–Crippen LogP) is 1.64. The molecular weight excluding hydrogens is 200 g/mol. The lowest BCUT2D eigenvalue weighted by atomic mass is 10.1. The lowest BCUT2D eigenvalue weighted by Gasteiger charge is -2.39. The van der Waals surface area contributed by atoms with Gasteiger partial charge in [0.25, 0.3) is 0 Å². The first-order valence-corrected chi connectivity index (χ1v) is 6.06. The van der Waals surface area contributed by atoms with Crippen molar-refractivity contribution in [1.82, 2.24) is 5.32 Å². The third kappa shape index (κ3) is 1.65. The Hall–Kier alpha value is -1.22. The molecule has 0 saturated carbocycles. The zero-order valence-electron chi connectivity index (χ0n) is 9.65. The minimum atomic E-state index is 0.558. The van der Waals surface area contributed by atoms with E-state index in [1.54, 1.807) is 0 Å². The first-order chi connectivity index (χ1) is 7.84. The van der Waals surface area contributed by atoms with Crippen LogP contribution >= 0.6 is 0 Å². The highest BCUT2D eigenvalue weighted by molar-refractivity contribution is 5.60. The van der Waals surface area contributed by atoms with Crippen molar-refractivity contribution < 1.29 is 4.74 Å². The fourth-order valence-corrected chi connectivity index (χ4v) is 2.63. The molecule has 1 N–H and O–H groups in total. The van der Waals surface area contributed by atoms with E-state index in [-0.39, 0.29) is 0 Å². The van der Waals surface area contributed by atoms with Crippen molar-refractivity contribution in [3.8, 4) is 5.75 Å². The van der Waals surface area contributed by atoms with Crippen molar-refractivity contribution in [1.29, 1.82) is 0 Å². The molecule has 1 aromatic rings. The molecule has 2 aliphatic rings. The molecule has 2 atom stereocenters. The minimum Gasteiger partial charge on any atom is -0.491 e. The smallest absolute Gasteiger partial charge is 0.142 e. The van der Waals surface area contributed by atoms with Crippen LogP contribution in [0.3, 0.4) is 0 Å². The summed E-state index contributed by atoms with van der Waals surface area (Å²) in [6, 6.07) is 9.53. The zero-order chi connectivity index (χ0) is 11.0. The van der Waals surface area contributed by atoms with E-state index in [9.17, 15) is 0 Å². The number of anilines is 1. The average Bonchev–Trinajstić information content (AvgIpc) is 2.48. The van der Waals surface area contributed by atoms with Gasteiger partial charge in [-0.2, -0.15) is 0 Å². The second-order valence-electron chi connectivity index (χ2n) is 4.72. The van der Waals surface area contributed by atoms with Crippen LogP contribution in [0, 0.1) is 0 Å². The summed E-state index contributed by atoms with van der Waals surface area (Å²) in [6.07, 6.45) is 1.11. The van der Waals surface area contributed by atoms with Gasteiger partial charge in [-0.3, -0.25) is 0 Å². The van der Waals surface area contributed by atoms with Gasteiger partial charge in [0.2, 0.25) is 0 Å². The first kappa shape index (κ1) is 9.97. The lowest BCUT2D eigenvalue weighted by molar-refractivity contribution is 0.298. The number of para-hydroxylation sites is 2. The number of nitrogens with zero attached hydrogens (tertiary/aromatic N) is 1. The predicted molar refractivity (Wildman–Crippen MR) is 65.2 cm³/mol. The van der Waals surface area contributed by atoms with Crippen molar-refractivity contribution in [3.63, 3.8) is 0 Å². The Morgan fingerprint density at radius 1 is 1.38 bits per heavy atom. The van der Waals surface area contributed by atoms with Gasteiger partial charge in [0, 0.05) is 31.6 Å². The van der Waals surface area contributed by atoms with Crippen LogP contribution in [0.25, 0.3) is 0 Å². The highest BCUT2D eigenvalue weighted by Crippen LogP contribution is 2.33. The highest BCUT2D eigenvalue weighted by Gasteiger charge is 2.29. The van der Waals surface area contributed by atoms with Gasteiger partial charge < -0.3 is 15.0 Å². The Morgan fingerprint density at radius 2 is 2.25 bits per heavy atom. The molecule has 2 unspecified atom stereocenters. The summed E-state index contributed by atoms with van der Waals surface area (Å²) in [4.78, 5) is 2.50. The maximum atomic E-state index is 5.81. The Bertz CT molecular complexity index is 378. The highest BCUT2D eigenvalue weighted by atomic mass is 16.5. The van der Waals surface area contributed by atoms with Crippen LogP contribution in [0.4, 0.5) is 5.69 Å². The van der Waals surface area contributed by atoms with E-state index in [1.165, 1.54) is 5.69 Å². The Kier molecular flexibility index (Phi) is 2.48. The van der Waals surface area contributed by atoms with Crippen LogP contribution in [0.15, 0.2) is 24.3 Å². The van der Waals surface area contributed by atoms with E-state index in [4.69, 9.17) is 4.74 Å². The first-order valence-electron chi connectivity index (χ1n) is 6.06. The van der Waals surface area contributed by atoms with Crippen LogP contribution in [-0.4, -0.2) is 31.8 Å². The summed E-state index contributed by atoms with van der Waals surface area (Å²) in [5.41, 5.74) is 1.26. The van der Waals surface area contributed by atoms with Gasteiger partial charge in [-0.1, -0.05) is 12.1 Å². The molecular formula is C13H18N2O. The largest absolute Gasteiger partial charge is 0.491 e. The van der Waals surface area contributed by atoms with Gasteiger partial charge in [-0.15, -0.1) is 0 Å². The van der Waals surface area contributed by atoms with Crippen molar-refractivity contribution in [3.05, 3.63) is 24.3 Å². The van der Waals surface area contributed by atoms with Crippen LogP contribution < -0.4 is 15.0 Å². The van der Waals surface area contributed by atoms with E-state index in [2.05, 4.69) is 35.3 Å². The molecule has 2 heterocycles. The summed E-state index contributed by atoms with van der Waals surface area (Å²) in [7, 11) is 0. The van der Waals surface area contributed by atoms with Gasteiger partial charge in [-0.25, -0.2) is 0 Å². The third-order valence-corrected chi connectivity index (χ3v) is 3.50. The molecule has 0 aliphatic carbocycles. The normalized spacial score (nSPS) is 28.7. The number of fused-ring (bicyclic) bond motifs is 3. The number of nitrogens with one attached hydrogen (secondary N) is 1. The maximum Gasteiger partial charge on any atom is 0.142 e. The molecule has 86 valence electrons. The quantitative estimate of drug-likeness (QED) is 0.716. The average molecular weight is 218 g/mol. The van der Waals surface area contributed by atoms with Gasteiger partial charge >= 0.3 is 0 Å². The topological polar surface area (TPSA) is 24.5 Å². The number of ether oxygens (including phenoxy) is 1. The van der Waals surface area contributed by atoms with Gasteiger partial charge in [0.15, 0.2) is 0 Å². The molecule has 1 saturated heterocycles. The van der Waals surface area contributed by atoms with Crippen molar-refractivity contribution in [2.45, 2.75) is 25.4 Å². The third-order valence-electron chi connectivity index (χ3n) is 3.50. The molecule has 3 nitrogen and oxygen atoms in total. The monoisotopic (exact) mass is 218 g/mol. The molecule has 2 aliphatic heterocycles. The van der Waals surface area contributed by atoms with E-state index in [0.29, 0.717) is 12.1 Å². The molecule has 0 radical (unpaired) electrons. The van der Waals surface area contributed by atoms with Crippen LogP contribution in [-0.2, 0) is 0 Å². The Morgan fingerprint density at radius 3 is 3.19 bits per heavy atom. The van der Waals surface area contributed by atoms with Gasteiger partial charge in [0.1, 0.15) is 5.75 Å². The molecule has 3 heteroatoms. The van der Waals surface area contributed by atoms with Gasteiger partial charge in [-0.05, 0) is 19.1 Å². The molecule has 0 spiro atoms. The van der Waals surface area contributed by atoms with Crippen LogP contribution in [0.1, 0.15) is 13.3 Å². The number of rotatable bonds is 0. The molecule has 1 fully saturated rings. The van der Waals surface area contributed by atoms with E-state index in [1.807, 2.05) is 6.07 Å². The maximum absolute atomic E-state index is 5.81. The Labute approximate surface area is 96.4 Å². The number of benzene rings is 1. The molecule has 0 bridgehead atoms. The van der Waals surface area contributed by atoms with E-state index < -0.39 is 0 Å². The fourth-order valence-electron chi connectivity index (χ4n) is 2.63. The van der Waals surface area contributed by atoms with E-state index >= 15 is 0 Å². The van der Waals surface area contributed by atoms with Crippen molar-refractivity contribution in [2.24, 2.45) is 0 Å². The summed E-state index contributed by atoms with van der Waals surface area (Å²) >= 11 is 0. The minimum absolute atomic E-state index is 0.558. The zero-order valence-corrected chi connectivity index (χ0v) is 9.65. The molecule has 3 rings (SSSR count). The molecule has 1 aromatic carbocycles. The summed E-state index contributed by atoms with van der Waals surface area (Å²) in [5, 5.41) is 3.54. The summed E-state index contributed by atoms with van der Waals surface area (Å²) in [5.74, 6) is 1.04. The van der Waals surface area contributed by atoms with Crippen molar-refractivity contribution >= 4 is 5.69 Å². The second kappa shape index (κ2) is 3.98. The molecule has 0 aromatic heterocycles. The SMILES string of the molecule is CC1CN2c3ccccc3OCCC2CN1. The Balaban J connectivity index is 1.97. The molecule has 16 heavy (non-hydrogen) atoms. The van der Waals surface area contributed by atoms with E-state index in [0.717, 1.165) is 31.9 Å². The second-order valence-corrected chi connectivity index (χ2v) is 4.72. The summed E-state index contributed by atoms with van der Waals surface area (Å²) in [6.45, 7) is 5.21. The fraction of sp³-hybridized carbons (Fsp3) is 0.538. The number of hydrogen-bond acceptors (Lipinski definition) is 3. The number of hydrogen-bond donors (Lipinski definition) is 1. The van der Waals surface area contributed by atoms with Crippen LogP contribution in [0.5, 0.6) is 5.75 Å². The number of piperazine rings is 1. The van der Waals surface area contributed by atoms with Crippen molar-refractivity contribution in [2.75, 3.05) is 24.6 Å². The lowest BCUT2D eigenvalue weighted by Crippen LogP contribution is -2.55. The van der Waals surface area contributed by atoms with Crippen LogP contribution in [0.2, 0.25) is 0 Å². The standard InChI is InChI=1S/C13H18N2O/c1-10-9-15-11(8-14-10)6-7-16-13-5-3-2-4-12(13)15/h2-5,10-11,14H,6-9H2,1H3. The molecule has 0 amide bonds. The summed E-state index contributed by atoms with van der Waals surface area (Å²) < 4.78 is 5.81. The van der Waals surface area contributed by atoms with Gasteiger partial charge in [0.05, 0.1) is 12.3 Å².